The van der Waals surface area contributed by atoms with Crippen molar-refractivity contribution in [1.82, 2.24) is 0 Å². The smallest absolute Gasteiger partial charge is 0.411 e. The first-order valence-corrected chi connectivity index (χ1v) is 14.8. The molecule has 4 rings (SSSR count). The van der Waals surface area contributed by atoms with Crippen LogP contribution in [0.2, 0.25) is 0 Å². The maximum Gasteiger partial charge on any atom is 0.411 e. The Labute approximate surface area is 273 Å². The average Bonchev–Trinajstić information content (AvgIpc) is 2.99. The van der Waals surface area contributed by atoms with E-state index in [0.29, 0.717) is 35.3 Å². The summed E-state index contributed by atoms with van der Waals surface area (Å²) in [6, 6.07) is 16.6. The van der Waals surface area contributed by atoms with Crippen LogP contribution in [0.25, 0.3) is 0 Å². The Morgan fingerprint density at radius 2 is 1.08 bits per heavy atom. The molecule has 0 heterocycles. The van der Waals surface area contributed by atoms with Gasteiger partial charge < -0.3 is 26.8 Å². The van der Waals surface area contributed by atoms with E-state index >= 15 is 0 Å². The molecule has 0 unspecified atom stereocenters. The van der Waals surface area contributed by atoms with Gasteiger partial charge in [0.1, 0.15) is 11.5 Å². The molecule has 0 aliphatic rings. The minimum absolute atomic E-state index is 0.0120. The number of nitrogens with one attached hydrogen (secondary N) is 2. The quantitative estimate of drug-likeness (QED) is 0.0759. The third-order valence-electron chi connectivity index (χ3n) is 7.53. The molecule has 7 nitrogen and oxygen atoms in total. The van der Waals surface area contributed by atoms with Gasteiger partial charge in [-0.3, -0.25) is 9.59 Å². The van der Waals surface area contributed by atoms with Crippen molar-refractivity contribution < 1.29 is 40.7 Å². The summed E-state index contributed by atoms with van der Waals surface area (Å²) >= 11 is 0. The van der Waals surface area contributed by atoms with Crippen LogP contribution in [0.3, 0.4) is 0 Å². The molecule has 6 N–H and O–H groups in total. The van der Waals surface area contributed by atoms with Crippen molar-refractivity contribution in [1.29, 1.82) is 0 Å². The van der Waals surface area contributed by atoms with Gasteiger partial charge in [0.05, 0.1) is 22.7 Å². The highest BCUT2D eigenvalue weighted by Gasteiger charge is 2.72. The first-order chi connectivity index (χ1) is 22.3. The molecule has 0 atom stereocenters. The van der Waals surface area contributed by atoms with Gasteiger partial charge in [0, 0.05) is 23.1 Å². The lowest BCUT2D eigenvalue weighted by Gasteiger charge is -2.38. The number of Topliss-reactive ketones (excluding diaryl/α,β-unsaturated/α-hetero) is 1. The molecule has 0 aliphatic carbocycles. The van der Waals surface area contributed by atoms with Crippen molar-refractivity contribution in [3.05, 3.63) is 107 Å². The van der Waals surface area contributed by atoms with E-state index < -0.39 is 40.5 Å². The van der Waals surface area contributed by atoms with E-state index in [1.54, 1.807) is 52.0 Å². The van der Waals surface area contributed by atoms with Crippen LogP contribution in [0.1, 0.15) is 59.5 Å². The SMILES string of the molecule is CC(C)Nc1ccc(C(c2ccc(NC(=O)c3ccc(Oc4ccc(C(=O)C(C)C)cc4)cc3)c(N)c2)(C(F)(F)F)C(F)(F)F)cc1N. The van der Waals surface area contributed by atoms with Crippen molar-refractivity contribution in [3.63, 3.8) is 0 Å². The summed E-state index contributed by atoms with van der Waals surface area (Å²) in [7, 11) is 0. The van der Waals surface area contributed by atoms with Gasteiger partial charge in [0.25, 0.3) is 5.91 Å². The van der Waals surface area contributed by atoms with Gasteiger partial charge in [0.2, 0.25) is 5.41 Å². The highest BCUT2D eigenvalue weighted by Crippen LogP contribution is 2.57. The van der Waals surface area contributed by atoms with E-state index in [-0.39, 0.29) is 40.4 Å². The van der Waals surface area contributed by atoms with Crippen molar-refractivity contribution >= 4 is 34.4 Å². The number of ketones is 1. The Kier molecular flexibility index (Phi) is 10.0. The molecule has 0 spiro atoms. The van der Waals surface area contributed by atoms with Crippen molar-refractivity contribution in [2.45, 2.75) is 51.5 Å². The summed E-state index contributed by atoms with van der Waals surface area (Å²) in [6.45, 7) is 7.05. The number of amides is 1. The van der Waals surface area contributed by atoms with Crippen molar-refractivity contribution in [3.8, 4) is 11.5 Å². The molecule has 48 heavy (non-hydrogen) atoms. The zero-order valence-corrected chi connectivity index (χ0v) is 26.4. The summed E-state index contributed by atoms with van der Waals surface area (Å²) in [5, 5.41) is 5.30. The highest BCUT2D eigenvalue weighted by atomic mass is 19.4. The lowest BCUT2D eigenvalue weighted by atomic mass is 9.72. The Morgan fingerprint density at radius 3 is 1.48 bits per heavy atom. The Hall–Kier alpha value is -5.20. The third-order valence-corrected chi connectivity index (χ3v) is 7.53. The van der Waals surface area contributed by atoms with Gasteiger partial charge >= 0.3 is 12.4 Å². The molecule has 0 aliphatic heterocycles. The molecular weight excluding hydrogens is 638 g/mol. The molecule has 0 bridgehead atoms. The van der Waals surface area contributed by atoms with Crippen molar-refractivity contribution in [2.24, 2.45) is 5.92 Å². The molecule has 4 aromatic rings. The number of halogens is 6. The van der Waals surface area contributed by atoms with E-state index in [1.165, 1.54) is 24.3 Å². The fourth-order valence-corrected chi connectivity index (χ4v) is 5.16. The van der Waals surface area contributed by atoms with Gasteiger partial charge in [-0.25, -0.2) is 0 Å². The van der Waals surface area contributed by atoms with Crippen LogP contribution in [0.4, 0.5) is 49.1 Å². The molecule has 1 amide bonds. The van der Waals surface area contributed by atoms with Crippen LogP contribution in [0, 0.1) is 5.92 Å². The predicted octanol–water partition coefficient (Wildman–Crippen LogP) is 8.97. The predicted molar refractivity (Wildman–Crippen MR) is 173 cm³/mol. The summed E-state index contributed by atoms with van der Waals surface area (Å²) in [5.41, 5.74) is 4.79. The van der Waals surface area contributed by atoms with E-state index in [9.17, 15) is 35.9 Å². The van der Waals surface area contributed by atoms with E-state index in [0.717, 1.165) is 18.2 Å². The van der Waals surface area contributed by atoms with Crippen LogP contribution >= 0.6 is 0 Å². The number of benzene rings is 4. The first kappa shape index (κ1) is 35.7. The average molecular weight is 673 g/mol. The van der Waals surface area contributed by atoms with Crippen LogP contribution in [0.15, 0.2) is 84.9 Å². The Balaban J connectivity index is 1.59. The maximum absolute atomic E-state index is 14.7. The number of nitrogen functional groups attached to an aromatic ring is 2. The molecule has 0 saturated carbocycles. The number of hydrogen-bond donors (Lipinski definition) is 4. The van der Waals surface area contributed by atoms with E-state index in [2.05, 4.69) is 10.6 Å². The standard InChI is InChI=1S/C35H34F6N4O3/c1-19(2)31(46)21-5-11-25(12-6-21)48-26-13-7-22(8-14-26)32(47)45-30-16-10-24(18-28(30)43)33(34(36,37)38,35(39,40)41)23-9-15-29(27(42)17-23)44-20(3)4/h5-20,44H,42-43H2,1-4H3,(H,45,47). The number of hydrogen-bond acceptors (Lipinski definition) is 6. The van der Waals surface area contributed by atoms with E-state index in [1.807, 2.05) is 0 Å². The summed E-state index contributed by atoms with van der Waals surface area (Å²) in [4.78, 5) is 25.1. The molecule has 0 aromatic heterocycles. The fourth-order valence-electron chi connectivity index (χ4n) is 5.16. The zero-order valence-electron chi connectivity index (χ0n) is 26.4. The molecule has 254 valence electrons. The van der Waals surface area contributed by atoms with Crippen LogP contribution in [0.5, 0.6) is 11.5 Å². The maximum atomic E-state index is 14.7. The van der Waals surface area contributed by atoms with E-state index in [4.69, 9.17) is 16.2 Å². The summed E-state index contributed by atoms with van der Waals surface area (Å²) in [6.07, 6.45) is -11.7. The number of rotatable bonds is 10. The fraction of sp³-hybridized carbons (Fsp3) is 0.257. The monoisotopic (exact) mass is 672 g/mol. The molecule has 0 saturated heterocycles. The van der Waals surface area contributed by atoms with Gasteiger partial charge in [-0.2, -0.15) is 26.3 Å². The molecular formula is C35H34F6N4O3. The van der Waals surface area contributed by atoms with Crippen LogP contribution in [-0.4, -0.2) is 30.1 Å². The number of carbonyl (C=O) groups is 2. The lowest BCUT2D eigenvalue weighted by Crippen LogP contribution is -2.54. The van der Waals surface area contributed by atoms with Crippen molar-refractivity contribution in [2.75, 3.05) is 22.1 Å². The minimum Gasteiger partial charge on any atom is -0.457 e. The second kappa shape index (κ2) is 13.5. The third kappa shape index (κ3) is 7.19. The summed E-state index contributed by atoms with van der Waals surface area (Å²) < 4.78 is 93.9. The van der Waals surface area contributed by atoms with Crippen LogP contribution in [-0.2, 0) is 5.41 Å². The highest BCUT2D eigenvalue weighted by molar-refractivity contribution is 6.05. The zero-order chi connectivity index (χ0) is 35.6. The lowest BCUT2D eigenvalue weighted by molar-refractivity contribution is -0.288. The Bertz CT molecular complexity index is 1770. The topological polar surface area (TPSA) is 119 Å². The van der Waals surface area contributed by atoms with Gasteiger partial charge in [0.15, 0.2) is 5.78 Å². The molecule has 0 radical (unpaired) electrons. The normalized spacial score (nSPS) is 12.2. The number of carbonyl (C=O) groups excluding carboxylic acids is 2. The number of nitrogens with two attached hydrogens (primary N) is 2. The second-order valence-electron chi connectivity index (χ2n) is 11.8. The first-order valence-electron chi connectivity index (χ1n) is 14.8. The van der Waals surface area contributed by atoms with Gasteiger partial charge in [-0.15, -0.1) is 0 Å². The summed E-state index contributed by atoms with van der Waals surface area (Å²) in [5.74, 6) is -0.0894. The van der Waals surface area contributed by atoms with Crippen LogP contribution < -0.4 is 26.8 Å². The number of alkyl halides is 6. The minimum atomic E-state index is -5.86. The largest absolute Gasteiger partial charge is 0.457 e. The molecule has 4 aromatic carbocycles. The Morgan fingerprint density at radius 1 is 0.646 bits per heavy atom. The van der Waals surface area contributed by atoms with Gasteiger partial charge in [-0.05, 0) is 97.8 Å². The molecule has 0 fully saturated rings. The second-order valence-corrected chi connectivity index (χ2v) is 11.8. The number of ether oxygens (including phenoxy) is 1. The number of anilines is 4. The molecule has 13 heteroatoms. The van der Waals surface area contributed by atoms with Gasteiger partial charge in [-0.1, -0.05) is 26.0 Å².